The Bertz CT molecular complexity index is 1110. The maximum atomic E-state index is 13.9. The van der Waals surface area contributed by atoms with E-state index in [1.54, 1.807) is 38.1 Å². The molecule has 2 rings (SSSR count). The lowest BCUT2D eigenvalue weighted by Crippen LogP contribution is -2.55. The van der Waals surface area contributed by atoms with Gasteiger partial charge in [0.05, 0.1) is 12.7 Å². The predicted molar refractivity (Wildman–Crippen MR) is 152 cm³/mol. The van der Waals surface area contributed by atoms with Crippen LogP contribution in [0.5, 0.6) is 5.75 Å². The summed E-state index contributed by atoms with van der Waals surface area (Å²) in [5.41, 5.74) is 2.44. The Balaban J connectivity index is 2.46. The fourth-order valence-electron chi connectivity index (χ4n) is 4.45. The zero-order chi connectivity index (χ0) is 29.4. The van der Waals surface area contributed by atoms with Crippen molar-refractivity contribution in [2.75, 3.05) is 13.7 Å². The highest BCUT2D eigenvalue weighted by Crippen LogP contribution is 2.36. The van der Waals surface area contributed by atoms with Crippen LogP contribution in [0.2, 0.25) is 0 Å². The Morgan fingerprint density at radius 3 is 2.05 bits per heavy atom. The largest absolute Gasteiger partial charge is 0.490 e. The minimum absolute atomic E-state index is 0.00631. The van der Waals surface area contributed by atoms with Gasteiger partial charge in [-0.15, -0.1) is 0 Å². The van der Waals surface area contributed by atoms with Gasteiger partial charge < -0.3 is 14.8 Å². The van der Waals surface area contributed by atoms with Gasteiger partial charge in [-0.25, -0.2) is 4.79 Å². The lowest BCUT2D eigenvalue weighted by atomic mass is 9.95. The molecule has 0 saturated heterocycles. The third kappa shape index (κ3) is 8.28. The summed E-state index contributed by atoms with van der Waals surface area (Å²) in [5.74, 6) is -1.58. The van der Waals surface area contributed by atoms with Gasteiger partial charge in [0.2, 0.25) is 5.91 Å². The van der Waals surface area contributed by atoms with Gasteiger partial charge >= 0.3 is 5.97 Å². The molecular weight excluding hydrogens is 496 g/mol. The van der Waals surface area contributed by atoms with E-state index in [0.29, 0.717) is 35.5 Å². The van der Waals surface area contributed by atoms with E-state index in [1.165, 1.54) is 7.11 Å². The maximum Gasteiger partial charge on any atom is 0.328 e. The summed E-state index contributed by atoms with van der Waals surface area (Å²) in [4.78, 5) is 54.6. The number of methoxy groups -OCH3 is 1. The first-order chi connectivity index (χ1) is 18.3. The zero-order valence-electron chi connectivity index (χ0n) is 24.8. The molecule has 3 amide bonds. The number of imide groups is 1. The Kier molecular flexibility index (Phi) is 11.5. The zero-order valence-corrected chi connectivity index (χ0v) is 24.8. The summed E-state index contributed by atoms with van der Waals surface area (Å²) in [6, 6.07) is 5.12. The van der Waals surface area contributed by atoms with E-state index in [2.05, 4.69) is 5.32 Å². The maximum absolute atomic E-state index is 13.9. The van der Waals surface area contributed by atoms with Gasteiger partial charge in [0.25, 0.3) is 11.8 Å². The van der Waals surface area contributed by atoms with Crippen LogP contribution in [0.3, 0.4) is 0 Å². The van der Waals surface area contributed by atoms with E-state index in [9.17, 15) is 19.2 Å². The van der Waals surface area contributed by atoms with Crippen LogP contribution in [0.1, 0.15) is 73.8 Å². The molecule has 214 valence electrons. The predicted octanol–water partition coefficient (Wildman–Crippen LogP) is 4.93. The van der Waals surface area contributed by atoms with Gasteiger partial charge in [0.15, 0.2) is 0 Å². The highest BCUT2D eigenvalue weighted by Gasteiger charge is 2.45. The third-order valence-electron chi connectivity index (χ3n) is 6.44. The second-order valence-corrected chi connectivity index (χ2v) is 11.4. The van der Waals surface area contributed by atoms with Crippen molar-refractivity contribution < 1.29 is 28.7 Å². The molecule has 8 heteroatoms. The van der Waals surface area contributed by atoms with Gasteiger partial charge in [0, 0.05) is 5.57 Å². The molecule has 0 saturated carbocycles. The summed E-state index contributed by atoms with van der Waals surface area (Å²) in [6.07, 6.45) is 2.62. The fraction of sp³-hybridized carbons (Fsp3) is 0.548. The third-order valence-corrected chi connectivity index (χ3v) is 6.44. The van der Waals surface area contributed by atoms with Crippen molar-refractivity contribution in [3.63, 3.8) is 0 Å². The molecule has 0 fully saturated rings. The number of ether oxygens (including phenoxy) is 2. The molecule has 1 unspecified atom stereocenters. The molecule has 8 nitrogen and oxygen atoms in total. The number of benzene rings is 1. The van der Waals surface area contributed by atoms with Crippen molar-refractivity contribution in [1.82, 2.24) is 10.2 Å². The topological polar surface area (TPSA) is 102 Å². The number of carbonyl (C=O) groups is 4. The van der Waals surface area contributed by atoms with E-state index in [4.69, 9.17) is 9.47 Å². The van der Waals surface area contributed by atoms with Crippen LogP contribution in [-0.2, 0) is 23.9 Å². The highest BCUT2D eigenvalue weighted by molar-refractivity contribution is 6.36. The molecule has 0 radical (unpaired) electrons. The minimum atomic E-state index is -1.07. The van der Waals surface area contributed by atoms with E-state index in [-0.39, 0.29) is 24.2 Å². The number of nitrogens with one attached hydrogen (secondary N) is 1. The number of allylic oxidation sites excluding steroid dienone is 1. The highest BCUT2D eigenvalue weighted by atomic mass is 16.5. The summed E-state index contributed by atoms with van der Waals surface area (Å²) >= 11 is 0. The first kappa shape index (κ1) is 31.8. The standard InChI is InChI=1S/C31H44N2O6/c1-18(2)14-15-39-23-12-10-22(11-13-23)26-24(16-19(3)4)29(35)33(30(26)36)25(17-20(5)6)28(34)32-27(21(7)8)31(37)38-9/h10-14,19-21,25,27H,15-17H2,1-9H3,(H,32,34)/t25?,27-/m0/s1. The average molecular weight is 541 g/mol. The van der Waals surface area contributed by atoms with Gasteiger partial charge in [-0.1, -0.05) is 59.2 Å². The van der Waals surface area contributed by atoms with E-state index in [1.807, 2.05) is 47.6 Å². The quantitative estimate of drug-likeness (QED) is 0.216. The van der Waals surface area contributed by atoms with E-state index < -0.39 is 35.8 Å². The van der Waals surface area contributed by atoms with Crippen LogP contribution in [0.15, 0.2) is 41.5 Å². The number of hydrogen-bond acceptors (Lipinski definition) is 6. The number of amides is 3. The summed E-state index contributed by atoms with van der Waals surface area (Å²) in [5, 5.41) is 2.74. The Morgan fingerprint density at radius 1 is 0.949 bits per heavy atom. The number of esters is 1. The second-order valence-electron chi connectivity index (χ2n) is 11.4. The van der Waals surface area contributed by atoms with Crippen molar-refractivity contribution in [1.29, 1.82) is 0 Å². The lowest BCUT2D eigenvalue weighted by molar-refractivity contribution is -0.149. The van der Waals surface area contributed by atoms with Gasteiger partial charge in [-0.05, 0) is 68.2 Å². The summed E-state index contributed by atoms with van der Waals surface area (Å²) < 4.78 is 10.6. The van der Waals surface area contributed by atoms with Crippen LogP contribution >= 0.6 is 0 Å². The summed E-state index contributed by atoms with van der Waals surface area (Å²) in [6.45, 7) is 15.8. The van der Waals surface area contributed by atoms with Gasteiger partial charge in [-0.3, -0.25) is 19.3 Å². The Hall–Kier alpha value is -3.42. The molecule has 1 N–H and O–H groups in total. The molecule has 0 spiro atoms. The molecule has 0 aliphatic carbocycles. The molecule has 39 heavy (non-hydrogen) atoms. The van der Waals surface area contributed by atoms with Crippen molar-refractivity contribution >= 4 is 29.3 Å². The van der Waals surface area contributed by atoms with E-state index >= 15 is 0 Å². The van der Waals surface area contributed by atoms with E-state index in [0.717, 1.165) is 10.5 Å². The number of rotatable bonds is 13. The van der Waals surface area contributed by atoms with Crippen LogP contribution in [0, 0.1) is 17.8 Å². The first-order valence-electron chi connectivity index (χ1n) is 13.6. The molecule has 1 aromatic carbocycles. The number of hydrogen-bond donors (Lipinski definition) is 1. The van der Waals surface area contributed by atoms with Gasteiger partial charge in [-0.2, -0.15) is 0 Å². The minimum Gasteiger partial charge on any atom is -0.490 e. The molecule has 0 aromatic heterocycles. The molecule has 1 aliphatic rings. The van der Waals surface area contributed by atoms with Crippen LogP contribution in [-0.4, -0.2) is 54.4 Å². The van der Waals surface area contributed by atoms with Crippen LogP contribution in [0.25, 0.3) is 5.57 Å². The Morgan fingerprint density at radius 2 is 1.56 bits per heavy atom. The molecule has 1 heterocycles. The number of carbonyl (C=O) groups excluding carboxylic acids is 4. The smallest absolute Gasteiger partial charge is 0.328 e. The normalized spacial score (nSPS) is 15.2. The second kappa shape index (κ2) is 14.1. The van der Waals surface area contributed by atoms with Crippen molar-refractivity contribution in [2.24, 2.45) is 17.8 Å². The average Bonchev–Trinajstić information content (AvgIpc) is 3.08. The molecule has 1 aliphatic heterocycles. The first-order valence-corrected chi connectivity index (χ1v) is 13.6. The monoisotopic (exact) mass is 540 g/mol. The Labute approximate surface area is 232 Å². The van der Waals surface area contributed by atoms with Crippen molar-refractivity contribution in [3.8, 4) is 5.75 Å². The lowest BCUT2D eigenvalue weighted by Gasteiger charge is -2.30. The van der Waals surface area contributed by atoms with Crippen molar-refractivity contribution in [3.05, 3.63) is 47.1 Å². The van der Waals surface area contributed by atoms with Gasteiger partial charge in [0.1, 0.15) is 24.4 Å². The van der Waals surface area contributed by atoms with Crippen LogP contribution in [0.4, 0.5) is 0 Å². The summed E-state index contributed by atoms with van der Waals surface area (Å²) in [7, 11) is 1.26. The van der Waals surface area contributed by atoms with Crippen LogP contribution < -0.4 is 10.1 Å². The van der Waals surface area contributed by atoms with Crippen molar-refractivity contribution in [2.45, 2.75) is 80.3 Å². The fourth-order valence-corrected chi connectivity index (χ4v) is 4.45. The molecular formula is C31H44N2O6. The number of nitrogens with zero attached hydrogens (tertiary/aromatic N) is 1. The molecule has 1 aromatic rings. The molecule has 2 atom stereocenters. The molecule has 0 bridgehead atoms. The SMILES string of the molecule is COC(=O)[C@@H](NC(=O)C(CC(C)C)N1C(=O)C(CC(C)C)=C(c2ccc(OCC=C(C)C)cc2)C1=O)C(C)C.